The summed E-state index contributed by atoms with van der Waals surface area (Å²) in [6, 6.07) is 5.49. The maximum Gasteiger partial charge on any atom is 0.355 e. The minimum atomic E-state index is -1.14. The highest BCUT2D eigenvalue weighted by Gasteiger charge is 2.12. The molecular weight excluding hydrogens is 211 g/mol. The molecule has 0 amide bonds. The number of halogens is 1. The molecule has 0 unspecified atom stereocenters. The second-order valence-electron chi connectivity index (χ2n) is 3.10. The van der Waals surface area contributed by atoms with Crippen LogP contribution in [0.5, 0.6) is 0 Å². The molecule has 5 heteroatoms. The summed E-state index contributed by atoms with van der Waals surface area (Å²) in [5.74, 6) is -1.51. The van der Waals surface area contributed by atoms with E-state index in [2.05, 4.69) is 9.97 Å². The Hall–Kier alpha value is -2.30. The third-order valence-corrected chi connectivity index (χ3v) is 2.07. The fraction of sp³-hybridized carbons (Fsp3) is 0. The van der Waals surface area contributed by atoms with Crippen LogP contribution < -0.4 is 0 Å². The van der Waals surface area contributed by atoms with E-state index in [-0.39, 0.29) is 11.5 Å². The van der Waals surface area contributed by atoms with Gasteiger partial charge in [0.2, 0.25) is 0 Å². The van der Waals surface area contributed by atoms with Gasteiger partial charge in [-0.2, -0.15) is 0 Å². The van der Waals surface area contributed by atoms with Crippen LogP contribution in [0, 0.1) is 5.82 Å². The predicted octanol–water partition coefficient (Wildman–Crippen LogP) is 1.98. The van der Waals surface area contributed by atoms with Crippen LogP contribution in [-0.2, 0) is 0 Å². The number of carbonyl (C=O) groups is 1. The van der Waals surface area contributed by atoms with E-state index >= 15 is 0 Å². The van der Waals surface area contributed by atoms with Crippen LogP contribution in [0.4, 0.5) is 4.39 Å². The standard InChI is InChI=1S/C11H7FN2O2/c12-8-3-1-7(2-4-8)9-5-13-6-14-10(9)11(15)16/h1-6H,(H,15,16). The largest absolute Gasteiger partial charge is 0.476 e. The average molecular weight is 218 g/mol. The van der Waals surface area contributed by atoms with Crippen LogP contribution in [0.1, 0.15) is 10.5 Å². The van der Waals surface area contributed by atoms with Crippen molar-refractivity contribution in [1.29, 1.82) is 0 Å². The van der Waals surface area contributed by atoms with Crippen LogP contribution in [0.15, 0.2) is 36.8 Å². The summed E-state index contributed by atoms with van der Waals surface area (Å²) in [6.07, 6.45) is 2.56. The van der Waals surface area contributed by atoms with Gasteiger partial charge >= 0.3 is 5.97 Å². The molecule has 0 aliphatic carbocycles. The first kappa shape index (κ1) is 10.2. The quantitative estimate of drug-likeness (QED) is 0.837. The maximum absolute atomic E-state index is 12.7. The minimum Gasteiger partial charge on any atom is -0.476 e. The van der Waals surface area contributed by atoms with Gasteiger partial charge in [-0.05, 0) is 17.7 Å². The zero-order chi connectivity index (χ0) is 11.5. The van der Waals surface area contributed by atoms with Gasteiger partial charge in [0.1, 0.15) is 12.1 Å². The second kappa shape index (κ2) is 4.06. The van der Waals surface area contributed by atoms with Crippen LogP contribution in [-0.4, -0.2) is 21.0 Å². The Morgan fingerprint density at radius 3 is 2.56 bits per heavy atom. The molecule has 4 nitrogen and oxygen atoms in total. The lowest BCUT2D eigenvalue weighted by atomic mass is 10.1. The first-order chi connectivity index (χ1) is 7.68. The van der Waals surface area contributed by atoms with E-state index < -0.39 is 5.97 Å². The third-order valence-electron chi connectivity index (χ3n) is 2.07. The molecule has 80 valence electrons. The van der Waals surface area contributed by atoms with Crippen LogP contribution in [0.3, 0.4) is 0 Å². The van der Waals surface area contributed by atoms with Crippen molar-refractivity contribution in [3.05, 3.63) is 48.3 Å². The Labute approximate surface area is 90.4 Å². The molecule has 0 fully saturated rings. The van der Waals surface area contributed by atoms with E-state index in [0.29, 0.717) is 11.1 Å². The number of rotatable bonds is 2. The van der Waals surface area contributed by atoms with Crippen molar-refractivity contribution >= 4 is 5.97 Å². The number of carboxylic acids is 1. The Morgan fingerprint density at radius 1 is 1.25 bits per heavy atom. The van der Waals surface area contributed by atoms with E-state index in [1.807, 2.05) is 0 Å². The number of aromatic carboxylic acids is 1. The van der Waals surface area contributed by atoms with Crippen molar-refractivity contribution in [1.82, 2.24) is 9.97 Å². The Kier molecular flexibility index (Phi) is 2.59. The number of nitrogens with zero attached hydrogens (tertiary/aromatic N) is 2. The monoisotopic (exact) mass is 218 g/mol. The molecule has 1 heterocycles. The topological polar surface area (TPSA) is 63.1 Å². The molecule has 0 atom stereocenters. The number of hydrogen-bond acceptors (Lipinski definition) is 3. The van der Waals surface area contributed by atoms with Gasteiger partial charge in [0.05, 0.1) is 0 Å². The van der Waals surface area contributed by atoms with Gasteiger partial charge in [0.15, 0.2) is 5.69 Å². The second-order valence-corrected chi connectivity index (χ2v) is 3.10. The van der Waals surface area contributed by atoms with E-state index in [0.717, 1.165) is 6.33 Å². The lowest BCUT2D eigenvalue weighted by molar-refractivity contribution is 0.0691. The molecule has 0 radical (unpaired) electrons. The van der Waals surface area contributed by atoms with E-state index in [1.165, 1.54) is 30.5 Å². The molecule has 1 N–H and O–H groups in total. The highest BCUT2D eigenvalue weighted by atomic mass is 19.1. The highest BCUT2D eigenvalue weighted by molar-refractivity contribution is 5.93. The van der Waals surface area contributed by atoms with E-state index in [4.69, 9.17) is 5.11 Å². The van der Waals surface area contributed by atoms with Gasteiger partial charge in [-0.3, -0.25) is 0 Å². The van der Waals surface area contributed by atoms with E-state index in [9.17, 15) is 9.18 Å². The van der Waals surface area contributed by atoms with Crippen molar-refractivity contribution < 1.29 is 14.3 Å². The first-order valence-electron chi connectivity index (χ1n) is 4.47. The number of carboxylic acid groups (broad SMARTS) is 1. The van der Waals surface area contributed by atoms with Crippen molar-refractivity contribution in [2.45, 2.75) is 0 Å². The molecule has 2 aromatic rings. The van der Waals surface area contributed by atoms with Crippen molar-refractivity contribution in [3.8, 4) is 11.1 Å². The fourth-order valence-electron chi connectivity index (χ4n) is 1.34. The molecular formula is C11H7FN2O2. The number of benzene rings is 1. The summed E-state index contributed by atoms with van der Waals surface area (Å²) in [5.41, 5.74) is 0.844. The molecule has 0 aliphatic heterocycles. The van der Waals surface area contributed by atoms with Gasteiger partial charge in [-0.15, -0.1) is 0 Å². The summed E-state index contributed by atoms with van der Waals surface area (Å²) in [5, 5.41) is 8.92. The summed E-state index contributed by atoms with van der Waals surface area (Å²) in [6.45, 7) is 0. The third kappa shape index (κ3) is 1.88. The van der Waals surface area contributed by atoms with Gasteiger partial charge in [0.25, 0.3) is 0 Å². The van der Waals surface area contributed by atoms with E-state index in [1.54, 1.807) is 0 Å². The van der Waals surface area contributed by atoms with Crippen LogP contribution in [0.2, 0.25) is 0 Å². The summed E-state index contributed by atoms with van der Waals surface area (Å²) in [4.78, 5) is 18.3. The molecule has 0 aliphatic rings. The van der Waals surface area contributed by atoms with Crippen LogP contribution in [0.25, 0.3) is 11.1 Å². The summed E-state index contributed by atoms with van der Waals surface area (Å²) in [7, 11) is 0. The SMILES string of the molecule is O=C(O)c1ncncc1-c1ccc(F)cc1. The number of aromatic nitrogens is 2. The lowest BCUT2D eigenvalue weighted by Gasteiger charge is -2.03. The zero-order valence-corrected chi connectivity index (χ0v) is 8.09. The Morgan fingerprint density at radius 2 is 1.94 bits per heavy atom. The minimum absolute atomic E-state index is 0.0957. The molecule has 0 saturated carbocycles. The van der Waals surface area contributed by atoms with Gasteiger partial charge < -0.3 is 5.11 Å². The lowest BCUT2D eigenvalue weighted by Crippen LogP contribution is -2.03. The Bertz CT molecular complexity index is 526. The smallest absolute Gasteiger partial charge is 0.355 e. The van der Waals surface area contributed by atoms with Crippen LogP contribution >= 0.6 is 0 Å². The maximum atomic E-state index is 12.7. The summed E-state index contributed by atoms with van der Waals surface area (Å²) < 4.78 is 12.7. The highest BCUT2D eigenvalue weighted by Crippen LogP contribution is 2.21. The summed E-state index contributed by atoms with van der Waals surface area (Å²) >= 11 is 0. The van der Waals surface area contributed by atoms with Crippen molar-refractivity contribution in [3.63, 3.8) is 0 Å². The Balaban J connectivity index is 2.55. The first-order valence-corrected chi connectivity index (χ1v) is 4.47. The molecule has 1 aromatic carbocycles. The normalized spacial score (nSPS) is 10.1. The molecule has 1 aromatic heterocycles. The van der Waals surface area contributed by atoms with Gasteiger partial charge in [0, 0.05) is 11.8 Å². The molecule has 2 rings (SSSR count). The van der Waals surface area contributed by atoms with Crippen molar-refractivity contribution in [2.75, 3.05) is 0 Å². The molecule has 0 saturated heterocycles. The van der Waals surface area contributed by atoms with Gasteiger partial charge in [-0.1, -0.05) is 12.1 Å². The average Bonchev–Trinajstić information content (AvgIpc) is 2.30. The zero-order valence-electron chi connectivity index (χ0n) is 8.09. The predicted molar refractivity (Wildman–Crippen MR) is 54.4 cm³/mol. The fourth-order valence-corrected chi connectivity index (χ4v) is 1.34. The molecule has 0 spiro atoms. The van der Waals surface area contributed by atoms with Crippen molar-refractivity contribution in [2.24, 2.45) is 0 Å². The van der Waals surface area contributed by atoms with Gasteiger partial charge in [-0.25, -0.2) is 19.2 Å². The number of hydrogen-bond donors (Lipinski definition) is 1. The molecule has 16 heavy (non-hydrogen) atoms. The molecule has 0 bridgehead atoms.